The van der Waals surface area contributed by atoms with Crippen molar-refractivity contribution in [3.05, 3.63) is 65.2 Å². The van der Waals surface area contributed by atoms with Gasteiger partial charge in [-0.3, -0.25) is 9.69 Å². The lowest BCUT2D eigenvalue weighted by atomic mass is 10.1. The molecule has 0 radical (unpaired) electrons. The van der Waals surface area contributed by atoms with E-state index >= 15 is 0 Å². The molecule has 1 aliphatic rings. The molecule has 0 unspecified atom stereocenters. The fourth-order valence-corrected chi connectivity index (χ4v) is 2.88. The first-order chi connectivity index (χ1) is 11.6. The van der Waals surface area contributed by atoms with Crippen molar-refractivity contribution in [1.82, 2.24) is 10.2 Å². The highest BCUT2D eigenvalue weighted by molar-refractivity contribution is 5.94. The van der Waals surface area contributed by atoms with Crippen molar-refractivity contribution < 1.29 is 9.53 Å². The molecule has 2 aromatic carbocycles. The van der Waals surface area contributed by atoms with E-state index in [0.29, 0.717) is 24.8 Å². The number of amides is 1. The number of carbonyl (C=O) groups excluding carboxylic acids is 1. The molecule has 1 heterocycles. The summed E-state index contributed by atoms with van der Waals surface area (Å²) in [7, 11) is 0. The second-order valence-corrected chi connectivity index (χ2v) is 6.40. The predicted octanol–water partition coefficient (Wildman–Crippen LogP) is 3.22. The molecule has 4 nitrogen and oxygen atoms in total. The van der Waals surface area contributed by atoms with Crippen LogP contribution in [0.15, 0.2) is 48.5 Å². The van der Waals surface area contributed by atoms with Crippen LogP contribution in [0.3, 0.4) is 0 Å². The van der Waals surface area contributed by atoms with Gasteiger partial charge in [-0.1, -0.05) is 30.3 Å². The van der Waals surface area contributed by atoms with E-state index in [9.17, 15) is 4.79 Å². The van der Waals surface area contributed by atoms with E-state index in [1.165, 1.54) is 0 Å². The molecular formula is C20H24N2O2. The van der Waals surface area contributed by atoms with Crippen LogP contribution in [0.25, 0.3) is 0 Å². The van der Waals surface area contributed by atoms with E-state index in [-0.39, 0.29) is 5.91 Å². The zero-order valence-corrected chi connectivity index (χ0v) is 14.3. The third-order valence-electron chi connectivity index (χ3n) is 4.36. The number of hydrogen-bond acceptors (Lipinski definition) is 3. The van der Waals surface area contributed by atoms with E-state index in [2.05, 4.69) is 24.1 Å². The zero-order valence-electron chi connectivity index (χ0n) is 14.3. The monoisotopic (exact) mass is 324 g/mol. The van der Waals surface area contributed by atoms with Crippen LogP contribution in [0.4, 0.5) is 0 Å². The molecule has 1 aliphatic heterocycles. The Hall–Kier alpha value is -2.33. The highest BCUT2D eigenvalue weighted by atomic mass is 16.5. The summed E-state index contributed by atoms with van der Waals surface area (Å²) in [5, 5.41) is 2.98. The molecule has 126 valence electrons. The number of carbonyl (C=O) groups is 1. The summed E-state index contributed by atoms with van der Waals surface area (Å²) in [6, 6.07) is 16.1. The van der Waals surface area contributed by atoms with E-state index < -0.39 is 0 Å². The van der Waals surface area contributed by atoms with E-state index in [1.807, 2.05) is 48.5 Å². The first-order valence-corrected chi connectivity index (χ1v) is 8.45. The van der Waals surface area contributed by atoms with Crippen LogP contribution in [-0.2, 0) is 13.1 Å². The molecule has 0 atom stereocenters. The highest BCUT2D eigenvalue weighted by Gasteiger charge is 2.19. The predicted molar refractivity (Wildman–Crippen MR) is 95.1 cm³/mol. The Morgan fingerprint density at radius 3 is 2.75 bits per heavy atom. The third kappa shape index (κ3) is 3.95. The van der Waals surface area contributed by atoms with Crippen LogP contribution in [0, 0.1) is 0 Å². The number of nitrogens with zero attached hydrogens (tertiary/aromatic N) is 1. The molecule has 2 aromatic rings. The van der Waals surface area contributed by atoms with Gasteiger partial charge in [0.15, 0.2) is 0 Å². The largest absolute Gasteiger partial charge is 0.492 e. The number of nitrogens with one attached hydrogen (secondary N) is 1. The summed E-state index contributed by atoms with van der Waals surface area (Å²) in [5.74, 6) is 0.833. The number of hydrogen-bond donors (Lipinski definition) is 1. The maximum absolute atomic E-state index is 12.4. The molecule has 3 rings (SSSR count). The van der Waals surface area contributed by atoms with Gasteiger partial charge < -0.3 is 10.1 Å². The van der Waals surface area contributed by atoms with E-state index in [4.69, 9.17) is 4.74 Å². The molecule has 0 fully saturated rings. The summed E-state index contributed by atoms with van der Waals surface area (Å²) < 4.78 is 5.82. The fraction of sp³-hybridized carbons (Fsp3) is 0.350. The Morgan fingerprint density at radius 1 is 1.21 bits per heavy atom. The SMILES string of the molecule is CC(C)N1CCOc2ccc(C(=O)NCc3ccccc3)cc2C1. The van der Waals surface area contributed by atoms with Crippen LogP contribution in [0.2, 0.25) is 0 Å². The van der Waals surface area contributed by atoms with Crippen LogP contribution >= 0.6 is 0 Å². The van der Waals surface area contributed by atoms with Crippen molar-refractivity contribution in [2.24, 2.45) is 0 Å². The van der Waals surface area contributed by atoms with Crippen molar-refractivity contribution in [3.63, 3.8) is 0 Å². The van der Waals surface area contributed by atoms with Gasteiger partial charge in [0.2, 0.25) is 0 Å². The average Bonchev–Trinajstić information content (AvgIpc) is 2.82. The standard InChI is InChI=1S/C20H24N2O2/c1-15(2)22-10-11-24-19-9-8-17(12-18(19)14-22)20(23)21-13-16-6-4-3-5-7-16/h3-9,12,15H,10-11,13-14H2,1-2H3,(H,21,23). The van der Waals surface area contributed by atoms with Gasteiger partial charge in [-0.2, -0.15) is 0 Å². The molecule has 1 amide bonds. The van der Waals surface area contributed by atoms with Gasteiger partial charge in [-0.05, 0) is 37.6 Å². The maximum atomic E-state index is 12.4. The summed E-state index contributed by atoms with van der Waals surface area (Å²) in [4.78, 5) is 14.8. The van der Waals surface area contributed by atoms with Crippen molar-refractivity contribution in [1.29, 1.82) is 0 Å². The van der Waals surface area contributed by atoms with E-state index in [0.717, 1.165) is 30.0 Å². The van der Waals surface area contributed by atoms with Gasteiger partial charge in [0.1, 0.15) is 12.4 Å². The maximum Gasteiger partial charge on any atom is 0.251 e. The molecule has 0 saturated carbocycles. The Kier molecular flexibility index (Phi) is 5.16. The van der Waals surface area contributed by atoms with Crippen molar-refractivity contribution in [3.8, 4) is 5.75 Å². The van der Waals surface area contributed by atoms with Crippen molar-refractivity contribution in [2.75, 3.05) is 13.2 Å². The normalized spacial score (nSPS) is 14.6. The zero-order chi connectivity index (χ0) is 16.9. The van der Waals surface area contributed by atoms with Gasteiger partial charge in [0.05, 0.1) is 0 Å². The highest BCUT2D eigenvalue weighted by Crippen LogP contribution is 2.25. The minimum Gasteiger partial charge on any atom is -0.492 e. The van der Waals surface area contributed by atoms with Crippen LogP contribution in [-0.4, -0.2) is 30.0 Å². The Labute approximate surface area is 143 Å². The minimum absolute atomic E-state index is 0.0537. The number of rotatable bonds is 4. The Bertz CT molecular complexity index is 698. The molecule has 4 heteroatoms. The molecule has 0 aliphatic carbocycles. The summed E-state index contributed by atoms with van der Waals surface area (Å²) in [6.07, 6.45) is 0. The second-order valence-electron chi connectivity index (χ2n) is 6.40. The average molecular weight is 324 g/mol. The second kappa shape index (κ2) is 7.49. The topological polar surface area (TPSA) is 41.6 Å². The first kappa shape index (κ1) is 16.5. The molecule has 1 N–H and O–H groups in total. The quantitative estimate of drug-likeness (QED) is 0.939. The molecule has 0 spiro atoms. The molecule has 0 aromatic heterocycles. The van der Waals surface area contributed by atoms with E-state index in [1.54, 1.807) is 0 Å². The molecule has 24 heavy (non-hydrogen) atoms. The number of fused-ring (bicyclic) bond motifs is 1. The smallest absolute Gasteiger partial charge is 0.251 e. The Balaban J connectivity index is 1.71. The van der Waals surface area contributed by atoms with Gasteiger partial charge in [0.25, 0.3) is 5.91 Å². The first-order valence-electron chi connectivity index (χ1n) is 8.45. The summed E-state index contributed by atoms with van der Waals surface area (Å²) in [5.41, 5.74) is 2.85. The number of ether oxygens (including phenoxy) is 1. The van der Waals surface area contributed by atoms with Gasteiger partial charge >= 0.3 is 0 Å². The minimum atomic E-state index is -0.0537. The van der Waals surface area contributed by atoms with Gasteiger partial charge in [-0.25, -0.2) is 0 Å². The van der Waals surface area contributed by atoms with Gasteiger partial charge in [0, 0.05) is 36.8 Å². The molecule has 0 bridgehead atoms. The third-order valence-corrected chi connectivity index (χ3v) is 4.36. The van der Waals surface area contributed by atoms with Gasteiger partial charge in [-0.15, -0.1) is 0 Å². The summed E-state index contributed by atoms with van der Waals surface area (Å²) >= 11 is 0. The van der Waals surface area contributed by atoms with Crippen LogP contribution in [0.5, 0.6) is 5.75 Å². The lowest BCUT2D eigenvalue weighted by molar-refractivity contribution is 0.0950. The number of benzene rings is 2. The fourth-order valence-electron chi connectivity index (χ4n) is 2.88. The summed E-state index contributed by atoms with van der Waals surface area (Å²) in [6.45, 7) is 7.30. The molecular weight excluding hydrogens is 300 g/mol. The van der Waals surface area contributed by atoms with Crippen LogP contribution < -0.4 is 10.1 Å². The van der Waals surface area contributed by atoms with Crippen molar-refractivity contribution in [2.45, 2.75) is 33.0 Å². The van der Waals surface area contributed by atoms with Crippen molar-refractivity contribution >= 4 is 5.91 Å². The molecule has 0 saturated heterocycles. The lowest BCUT2D eigenvalue weighted by Crippen LogP contribution is -2.32. The Morgan fingerprint density at radius 2 is 2.00 bits per heavy atom. The van der Waals surface area contributed by atoms with Crippen LogP contribution in [0.1, 0.15) is 35.3 Å². The lowest BCUT2D eigenvalue weighted by Gasteiger charge is -2.23.